The quantitative estimate of drug-likeness (QED) is 0.337. The van der Waals surface area contributed by atoms with Crippen molar-refractivity contribution in [2.45, 2.75) is 29.1 Å². The summed E-state index contributed by atoms with van der Waals surface area (Å²) in [4.78, 5) is 20.6. The molecule has 0 radical (unpaired) electrons. The summed E-state index contributed by atoms with van der Waals surface area (Å²) in [7, 11) is 0. The van der Waals surface area contributed by atoms with Crippen molar-refractivity contribution in [3.63, 3.8) is 0 Å². The Balaban J connectivity index is 3.47. The van der Waals surface area contributed by atoms with Crippen LogP contribution in [-0.4, -0.2) is 49.2 Å². The van der Waals surface area contributed by atoms with Gasteiger partial charge in [0.05, 0.1) is 0 Å². The molecule has 0 fully saturated rings. The Morgan fingerprint density at radius 1 is 1.14 bits per heavy atom. The Labute approximate surface area is 87.8 Å². The van der Waals surface area contributed by atoms with E-state index in [-0.39, 0.29) is 15.0 Å². The summed E-state index contributed by atoms with van der Waals surface area (Å²) in [6.07, 6.45) is 0.377. The van der Waals surface area contributed by atoms with E-state index in [0.717, 1.165) is 0 Å². The number of aliphatic carboxylic acids is 2. The Morgan fingerprint density at radius 2 is 1.64 bits per heavy atom. The summed E-state index contributed by atoms with van der Waals surface area (Å²) in [5.41, 5.74) is 10.5. The monoisotopic (exact) mass is 270 g/mol. The van der Waals surface area contributed by atoms with E-state index in [0.29, 0.717) is 17.1 Å². The van der Waals surface area contributed by atoms with Crippen LogP contribution in [0.25, 0.3) is 0 Å². The molecule has 0 aromatic heterocycles. The van der Waals surface area contributed by atoms with Crippen LogP contribution in [0.4, 0.5) is 0 Å². The average molecular weight is 269 g/mol. The molecule has 0 aromatic carbocycles. The normalized spacial score (nSPS) is 14.7. The van der Waals surface area contributed by atoms with Crippen molar-refractivity contribution in [2.75, 3.05) is 0 Å². The first-order valence-corrected chi connectivity index (χ1v) is 6.42. The summed E-state index contributed by atoms with van der Waals surface area (Å²) in [5, 5.41) is 17.9. The molecule has 2 atom stereocenters. The zero-order valence-corrected chi connectivity index (χ0v) is 9.26. The van der Waals surface area contributed by atoms with E-state index in [1.165, 1.54) is 0 Å². The van der Waals surface area contributed by atoms with Gasteiger partial charge in [0, 0.05) is 0 Å². The first-order valence-electron chi connectivity index (χ1n) is 3.99. The Morgan fingerprint density at radius 3 is 2.07 bits per heavy atom. The van der Waals surface area contributed by atoms with Crippen molar-refractivity contribution < 1.29 is 19.8 Å². The standard InChI is InChI=1S/C7H14N2O4Se/c8-4(6(10)11)1-2-14-3-5(9)7(12)13/h4-5H,1-3,8-9H2,(H,10,11)(H,12,13)/t4-,5?/m0/s1. The zero-order chi connectivity index (χ0) is 11.1. The molecule has 7 heteroatoms. The van der Waals surface area contributed by atoms with Gasteiger partial charge in [0.15, 0.2) is 0 Å². The molecular formula is C7H14N2O4Se. The molecule has 0 amide bonds. The third-order valence-electron chi connectivity index (χ3n) is 1.50. The van der Waals surface area contributed by atoms with Gasteiger partial charge in [-0.15, -0.1) is 0 Å². The minimum absolute atomic E-state index is 0.0465. The van der Waals surface area contributed by atoms with Gasteiger partial charge < -0.3 is 0 Å². The van der Waals surface area contributed by atoms with Crippen LogP contribution >= 0.6 is 0 Å². The maximum atomic E-state index is 10.3. The fraction of sp³-hybridized carbons (Fsp3) is 0.714. The van der Waals surface area contributed by atoms with Crippen molar-refractivity contribution in [1.82, 2.24) is 0 Å². The van der Waals surface area contributed by atoms with Crippen molar-refractivity contribution in [3.8, 4) is 0 Å². The number of nitrogens with two attached hydrogens (primary N) is 2. The van der Waals surface area contributed by atoms with Crippen LogP contribution in [0.1, 0.15) is 6.42 Å². The molecule has 0 bridgehead atoms. The first-order chi connectivity index (χ1) is 6.45. The third kappa shape index (κ3) is 5.93. The van der Waals surface area contributed by atoms with E-state index in [1.54, 1.807) is 0 Å². The Hall–Kier alpha value is -0.621. The van der Waals surface area contributed by atoms with Gasteiger partial charge in [-0.05, 0) is 0 Å². The van der Waals surface area contributed by atoms with Crippen molar-refractivity contribution in [1.29, 1.82) is 0 Å². The summed E-state index contributed by atoms with van der Waals surface area (Å²) in [5.74, 6) is -2.04. The van der Waals surface area contributed by atoms with E-state index < -0.39 is 24.0 Å². The van der Waals surface area contributed by atoms with Gasteiger partial charge in [-0.1, -0.05) is 0 Å². The molecule has 0 rings (SSSR count). The van der Waals surface area contributed by atoms with E-state index in [9.17, 15) is 9.59 Å². The molecule has 1 unspecified atom stereocenters. The molecule has 0 saturated heterocycles. The van der Waals surface area contributed by atoms with Crippen LogP contribution in [0.2, 0.25) is 10.6 Å². The third-order valence-corrected chi connectivity index (χ3v) is 3.85. The van der Waals surface area contributed by atoms with Gasteiger partial charge in [0.2, 0.25) is 0 Å². The fourth-order valence-corrected chi connectivity index (χ4v) is 2.68. The predicted octanol–water partition coefficient (Wildman–Crippen LogP) is -1.26. The molecule has 0 aliphatic heterocycles. The molecular weight excluding hydrogens is 255 g/mol. The second-order valence-corrected chi connectivity index (χ2v) is 5.17. The summed E-state index contributed by atoms with van der Waals surface area (Å²) >= 11 is 0.0465. The summed E-state index contributed by atoms with van der Waals surface area (Å²) in [6, 6.07) is -1.69. The molecule has 0 heterocycles. The Kier molecular flexibility index (Phi) is 6.48. The topological polar surface area (TPSA) is 127 Å². The predicted molar refractivity (Wildman–Crippen MR) is 51.2 cm³/mol. The van der Waals surface area contributed by atoms with E-state index >= 15 is 0 Å². The second kappa shape index (κ2) is 6.78. The fourth-order valence-electron chi connectivity index (χ4n) is 0.615. The number of carbonyl (C=O) groups is 2. The molecule has 0 aliphatic carbocycles. The van der Waals surface area contributed by atoms with Crippen molar-refractivity contribution in [3.05, 3.63) is 0 Å². The van der Waals surface area contributed by atoms with Gasteiger partial charge >= 0.3 is 87.3 Å². The number of hydrogen-bond donors (Lipinski definition) is 4. The molecule has 6 N–H and O–H groups in total. The molecule has 0 aliphatic rings. The van der Waals surface area contributed by atoms with E-state index in [4.69, 9.17) is 21.7 Å². The second-order valence-electron chi connectivity index (χ2n) is 2.75. The van der Waals surface area contributed by atoms with Crippen LogP contribution in [0, 0.1) is 0 Å². The summed E-state index contributed by atoms with van der Waals surface area (Å²) in [6.45, 7) is 0. The molecule has 82 valence electrons. The summed E-state index contributed by atoms with van der Waals surface area (Å²) < 4.78 is 0. The maximum absolute atomic E-state index is 10.3. The Bertz CT molecular complexity index is 190. The van der Waals surface area contributed by atoms with Gasteiger partial charge in [-0.25, -0.2) is 0 Å². The average Bonchev–Trinajstić information content (AvgIpc) is 2.11. The van der Waals surface area contributed by atoms with Gasteiger partial charge in [-0.2, -0.15) is 0 Å². The van der Waals surface area contributed by atoms with Crippen LogP contribution in [-0.2, 0) is 9.59 Å². The molecule has 0 spiro atoms. The van der Waals surface area contributed by atoms with Crippen molar-refractivity contribution in [2.24, 2.45) is 11.5 Å². The number of rotatable bonds is 7. The number of carboxylic acids is 2. The molecule has 0 saturated carbocycles. The molecule has 0 aromatic rings. The first kappa shape index (κ1) is 13.4. The van der Waals surface area contributed by atoms with Crippen LogP contribution in [0.5, 0.6) is 0 Å². The van der Waals surface area contributed by atoms with Crippen LogP contribution in [0.3, 0.4) is 0 Å². The van der Waals surface area contributed by atoms with Crippen molar-refractivity contribution >= 4 is 26.9 Å². The van der Waals surface area contributed by atoms with Gasteiger partial charge in [-0.3, -0.25) is 0 Å². The van der Waals surface area contributed by atoms with Crippen LogP contribution in [0.15, 0.2) is 0 Å². The molecule has 14 heavy (non-hydrogen) atoms. The number of carboxylic acid groups (broad SMARTS) is 2. The minimum atomic E-state index is -1.02. The SMILES string of the molecule is NC(C[Se]CC[C@H](N)C(=O)O)C(=O)O. The van der Waals surface area contributed by atoms with E-state index in [2.05, 4.69) is 0 Å². The van der Waals surface area contributed by atoms with Gasteiger partial charge in [0.1, 0.15) is 0 Å². The zero-order valence-electron chi connectivity index (χ0n) is 7.55. The molecule has 6 nitrogen and oxygen atoms in total. The van der Waals surface area contributed by atoms with E-state index in [1.807, 2.05) is 0 Å². The van der Waals surface area contributed by atoms with Gasteiger partial charge in [0.25, 0.3) is 0 Å². The van der Waals surface area contributed by atoms with Crippen LogP contribution < -0.4 is 11.5 Å². The number of hydrogen-bond acceptors (Lipinski definition) is 4.